The van der Waals surface area contributed by atoms with Crippen molar-refractivity contribution in [2.75, 3.05) is 0 Å². The van der Waals surface area contributed by atoms with Crippen LogP contribution in [0.1, 0.15) is 111 Å². The van der Waals surface area contributed by atoms with Crippen LogP contribution >= 0.6 is 0 Å². The van der Waals surface area contributed by atoms with Crippen LogP contribution in [0.4, 0.5) is 0 Å². The minimum Gasteiger partial charge on any atom is -0.0625 e. The van der Waals surface area contributed by atoms with Gasteiger partial charge in [-0.05, 0) is 102 Å². The summed E-state index contributed by atoms with van der Waals surface area (Å²) in [6.45, 7) is 23.9. The third-order valence-electron chi connectivity index (χ3n) is 8.20. The predicted octanol–water partition coefficient (Wildman–Crippen LogP) is 9.70. The molecule has 2 aliphatic rings. The molecule has 0 radical (unpaired) electrons. The molecule has 2 aromatic carbocycles. The topological polar surface area (TPSA) is 0 Å². The summed E-state index contributed by atoms with van der Waals surface area (Å²) in [5.41, 5.74) is 15.3. The fourth-order valence-corrected chi connectivity index (χ4v) is 6.93. The number of hydrogen-bond donors (Lipinski definition) is 0. The van der Waals surface area contributed by atoms with Gasteiger partial charge in [-0.3, -0.25) is 0 Å². The van der Waals surface area contributed by atoms with Crippen molar-refractivity contribution in [1.82, 2.24) is 0 Å². The van der Waals surface area contributed by atoms with Crippen molar-refractivity contribution in [2.45, 2.75) is 93.9 Å². The van der Waals surface area contributed by atoms with Gasteiger partial charge in [0.15, 0.2) is 0 Å². The number of rotatable bonds is 6. The van der Waals surface area contributed by atoms with E-state index in [-0.39, 0.29) is 5.41 Å². The number of fused-ring (bicyclic) bond motifs is 2. The third kappa shape index (κ3) is 4.05. The number of allylic oxidation sites excluding steroid dienone is 2. The average Bonchev–Trinajstić information content (AvgIpc) is 3.28. The van der Waals surface area contributed by atoms with Crippen molar-refractivity contribution in [3.05, 3.63) is 79.9 Å². The molecule has 0 heterocycles. The molecular formula is C33H44. The fraction of sp³-hybridized carbons (Fsp3) is 0.515. The van der Waals surface area contributed by atoms with E-state index in [1.807, 2.05) is 0 Å². The van der Waals surface area contributed by atoms with Crippen molar-refractivity contribution in [3.63, 3.8) is 0 Å². The first-order valence-corrected chi connectivity index (χ1v) is 13.0. The minimum atomic E-state index is 0.0923. The van der Waals surface area contributed by atoms with Crippen molar-refractivity contribution in [3.8, 4) is 0 Å². The second kappa shape index (κ2) is 8.61. The lowest BCUT2D eigenvalue weighted by atomic mass is 9.60. The summed E-state index contributed by atoms with van der Waals surface area (Å²) in [6.07, 6.45) is 7.48. The molecular weight excluding hydrogens is 396 g/mol. The quantitative estimate of drug-likeness (QED) is 0.419. The molecule has 0 spiro atoms. The monoisotopic (exact) mass is 440 g/mol. The van der Waals surface area contributed by atoms with E-state index in [4.69, 9.17) is 0 Å². The summed E-state index contributed by atoms with van der Waals surface area (Å²) in [7, 11) is 0. The Bertz CT molecular complexity index is 1040. The molecule has 176 valence electrons. The standard InChI is InChI=1S/C33H44/c1-19(2)15-25-17-27-21(5)11-13-23(7)29(27)31(25)33(9,10)32-26(16-20(3)4)18-28-22(6)12-14-24(8)30(28)32/h11-14,17-20,31-32H,15-16H2,1-10H3. The Labute approximate surface area is 203 Å². The fourth-order valence-electron chi connectivity index (χ4n) is 6.93. The number of hydrogen-bond acceptors (Lipinski definition) is 0. The van der Waals surface area contributed by atoms with E-state index in [1.165, 1.54) is 46.2 Å². The number of benzene rings is 2. The van der Waals surface area contributed by atoms with Crippen molar-refractivity contribution >= 4 is 12.2 Å². The van der Waals surface area contributed by atoms with Gasteiger partial charge < -0.3 is 0 Å². The zero-order chi connectivity index (χ0) is 24.2. The van der Waals surface area contributed by atoms with E-state index in [2.05, 4.69) is 106 Å². The van der Waals surface area contributed by atoms with E-state index < -0.39 is 0 Å². The second-order valence-corrected chi connectivity index (χ2v) is 12.4. The van der Waals surface area contributed by atoms with E-state index in [0.717, 1.165) is 0 Å². The van der Waals surface area contributed by atoms with Crippen molar-refractivity contribution < 1.29 is 0 Å². The largest absolute Gasteiger partial charge is 0.0625 e. The molecule has 0 nitrogen and oxygen atoms in total. The Balaban J connectivity index is 1.93. The molecule has 0 heteroatoms. The molecule has 2 unspecified atom stereocenters. The summed E-state index contributed by atoms with van der Waals surface area (Å²) in [5, 5.41) is 0. The van der Waals surface area contributed by atoms with Crippen LogP contribution in [0, 0.1) is 44.9 Å². The Morgan fingerprint density at radius 3 is 1.27 bits per heavy atom. The Hall–Kier alpha value is -2.08. The van der Waals surface area contributed by atoms with E-state index in [1.54, 1.807) is 22.3 Å². The van der Waals surface area contributed by atoms with Gasteiger partial charge >= 0.3 is 0 Å². The molecule has 0 saturated heterocycles. The minimum absolute atomic E-state index is 0.0923. The van der Waals surface area contributed by atoms with Gasteiger partial charge in [0, 0.05) is 11.8 Å². The highest BCUT2D eigenvalue weighted by molar-refractivity contribution is 5.75. The van der Waals surface area contributed by atoms with Gasteiger partial charge in [0.2, 0.25) is 0 Å². The molecule has 4 rings (SSSR count). The maximum Gasteiger partial charge on any atom is 0.0120 e. The molecule has 2 aliphatic carbocycles. The first kappa shape index (κ1) is 24.1. The van der Waals surface area contributed by atoms with Crippen LogP contribution in [0.15, 0.2) is 35.4 Å². The molecule has 0 bridgehead atoms. The van der Waals surface area contributed by atoms with Crippen LogP contribution in [-0.4, -0.2) is 0 Å². The smallest absolute Gasteiger partial charge is 0.0120 e. The predicted molar refractivity (Wildman–Crippen MR) is 146 cm³/mol. The van der Waals surface area contributed by atoms with E-state index in [0.29, 0.717) is 23.7 Å². The van der Waals surface area contributed by atoms with Crippen LogP contribution in [0.2, 0.25) is 0 Å². The van der Waals surface area contributed by atoms with Crippen molar-refractivity contribution in [1.29, 1.82) is 0 Å². The molecule has 2 atom stereocenters. The van der Waals surface area contributed by atoms with Crippen LogP contribution in [0.3, 0.4) is 0 Å². The highest BCUT2D eigenvalue weighted by Crippen LogP contribution is 2.61. The lowest BCUT2D eigenvalue weighted by molar-refractivity contribution is 0.262. The maximum absolute atomic E-state index is 2.57. The van der Waals surface area contributed by atoms with Gasteiger partial charge in [0.05, 0.1) is 0 Å². The molecule has 0 amide bonds. The lowest BCUT2D eigenvalue weighted by Crippen LogP contribution is -2.32. The molecule has 0 fully saturated rings. The highest BCUT2D eigenvalue weighted by Gasteiger charge is 2.48. The number of aryl methyl sites for hydroxylation is 4. The average molecular weight is 441 g/mol. The Kier molecular flexibility index (Phi) is 6.27. The van der Waals surface area contributed by atoms with E-state index >= 15 is 0 Å². The van der Waals surface area contributed by atoms with Crippen molar-refractivity contribution in [2.24, 2.45) is 17.3 Å². The van der Waals surface area contributed by atoms with Gasteiger partial charge in [0.1, 0.15) is 0 Å². The Morgan fingerprint density at radius 1 is 0.606 bits per heavy atom. The second-order valence-electron chi connectivity index (χ2n) is 12.4. The molecule has 0 aliphatic heterocycles. The van der Waals surface area contributed by atoms with Crippen LogP contribution in [-0.2, 0) is 0 Å². The summed E-state index contributed by atoms with van der Waals surface area (Å²) in [6, 6.07) is 9.34. The van der Waals surface area contributed by atoms with Gasteiger partial charge in [-0.25, -0.2) is 0 Å². The van der Waals surface area contributed by atoms with Gasteiger partial charge in [0.25, 0.3) is 0 Å². The summed E-state index contributed by atoms with van der Waals surface area (Å²) in [4.78, 5) is 0. The summed E-state index contributed by atoms with van der Waals surface area (Å²) < 4.78 is 0. The zero-order valence-corrected chi connectivity index (χ0v) is 22.7. The lowest BCUT2D eigenvalue weighted by Gasteiger charge is -2.43. The zero-order valence-electron chi connectivity index (χ0n) is 22.7. The molecule has 0 aromatic heterocycles. The SMILES string of the molecule is Cc1ccc(C)c2c1C=C(CC(C)C)C2C(C)(C)C1C(CC(C)C)=Cc2c(C)ccc(C)c21. The van der Waals surface area contributed by atoms with Crippen LogP contribution in [0.25, 0.3) is 12.2 Å². The first-order chi connectivity index (χ1) is 15.4. The molecule has 33 heavy (non-hydrogen) atoms. The van der Waals surface area contributed by atoms with Gasteiger partial charge in [-0.15, -0.1) is 0 Å². The van der Waals surface area contributed by atoms with Crippen LogP contribution < -0.4 is 0 Å². The maximum atomic E-state index is 2.57. The Morgan fingerprint density at radius 2 is 0.939 bits per heavy atom. The van der Waals surface area contributed by atoms with Gasteiger partial charge in [-0.1, -0.05) is 89.1 Å². The third-order valence-corrected chi connectivity index (χ3v) is 8.20. The first-order valence-electron chi connectivity index (χ1n) is 13.0. The molecule has 0 N–H and O–H groups in total. The van der Waals surface area contributed by atoms with Gasteiger partial charge in [-0.2, -0.15) is 0 Å². The van der Waals surface area contributed by atoms with Crippen LogP contribution in [0.5, 0.6) is 0 Å². The molecule has 2 aromatic rings. The summed E-state index contributed by atoms with van der Waals surface area (Å²) in [5.74, 6) is 2.24. The molecule has 0 saturated carbocycles. The normalized spacial score (nSPS) is 19.8. The summed E-state index contributed by atoms with van der Waals surface area (Å²) >= 11 is 0. The highest BCUT2D eigenvalue weighted by atomic mass is 14.5. The van der Waals surface area contributed by atoms with E-state index in [9.17, 15) is 0 Å².